The van der Waals surface area contributed by atoms with Gasteiger partial charge in [0.05, 0.1) is 6.54 Å². The van der Waals surface area contributed by atoms with E-state index in [1.165, 1.54) is 4.90 Å². The summed E-state index contributed by atoms with van der Waals surface area (Å²) in [6.07, 6.45) is 0. The van der Waals surface area contributed by atoms with Gasteiger partial charge in [0.2, 0.25) is 11.8 Å². The van der Waals surface area contributed by atoms with E-state index in [1.54, 1.807) is 6.92 Å². The van der Waals surface area contributed by atoms with Crippen molar-refractivity contribution in [2.45, 2.75) is 13.0 Å². The van der Waals surface area contributed by atoms with E-state index in [1.807, 2.05) is 24.3 Å². The van der Waals surface area contributed by atoms with E-state index < -0.39 is 6.04 Å². The van der Waals surface area contributed by atoms with Crippen LogP contribution in [-0.2, 0) is 9.59 Å². The van der Waals surface area contributed by atoms with Crippen LogP contribution in [0.1, 0.15) is 6.92 Å². The van der Waals surface area contributed by atoms with Crippen molar-refractivity contribution in [3.8, 4) is 0 Å². The van der Waals surface area contributed by atoms with Crippen molar-refractivity contribution in [1.29, 1.82) is 0 Å². The van der Waals surface area contributed by atoms with Gasteiger partial charge in [0.1, 0.15) is 6.04 Å². The number of carbonyl (C=O) groups is 2. The molecule has 2 rings (SSSR count). The smallest absolute Gasteiger partial charge is 0.247 e. The molecule has 1 aromatic rings. The van der Waals surface area contributed by atoms with E-state index in [0.717, 1.165) is 10.2 Å². The summed E-state index contributed by atoms with van der Waals surface area (Å²) in [5.74, 6) is -0.211. The molecule has 0 radical (unpaired) electrons. The van der Waals surface area contributed by atoms with Gasteiger partial charge in [-0.3, -0.25) is 14.5 Å². The minimum Gasteiger partial charge on any atom is -0.345 e. The van der Waals surface area contributed by atoms with Gasteiger partial charge in [-0.1, -0.05) is 15.9 Å². The van der Waals surface area contributed by atoms with Gasteiger partial charge < -0.3 is 5.32 Å². The lowest BCUT2D eigenvalue weighted by Gasteiger charge is -2.32. The van der Waals surface area contributed by atoms with Crippen LogP contribution in [-0.4, -0.2) is 24.4 Å². The van der Waals surface area contributed by atoms with E-state index in [2.05, 4.69) is 21.2 Å². The lowest BCUT2D eigenvalue weighted by atomic mass is 10.1. The topological polar surface area (TPSA) is 49.4 Å². The Balaban J connectivity index is 2.33. The number of anilines is 1. The Morgan fingerprint density at radius 3 is 2.56 bits per heavy atom. The van der Waals surface area contributed by atoms with Crippen molar-refractivity contribution in [2.75, 3.05) is 11.4 Å². The van der Waals surface area contributed by atoms with Crippen molar-refractivity contribution < 1.29 is 9.59 Å². The number of nitrogens with zero attached hydrogens (tertiary/aromatic N) is 1. The van der Waals surface area contributed by atoms with Crippen LogP contribution in [0.15, 0.2) is 28.7 Å². The van der Waals surface area contributed by atoms with E-state index in [9.17, 15) is 9.59 Å². The minimum atomic E-state index is -0.456. The van der Waals surface area contributed by atoms with Crippen LogP contribution in [0.2, 0.25) is 0 Å². The first-order valence-electron chi connectivity index (χ1n) is 4.95. The molecule has 1 aromatic carbocycles. The fraction of sp³-hybridized carbons (Fsp3) is 0.273. The predicted octanol–water partition coefficient (Wildman–Crippen LogP) is 1.30. The molecule has 4 nitrogen and oxygen atoms in total. The largest absolute Gasteiger partial charge is 0.345 e. The van der Waals surface area contributed by atoms with Gasteiger partial charge in [0, 0.05) is 10.2 Å². The van der Waals surface area contributed by atoms with Gasteiger partial charge in [-0.15, -0.1) is 0 Å². The number of rotatable bonds is 1. The molecule has 0 saturated carbocycles. The number of carbonyl (C=O) groups excluding carboxylic acids is 2. The van der Waals surface area contributed by atoms with Gasteiger partial charge >= 0.3 is 0 Å². The van der Waals surface area contributed by atoms with Crippen molar-refractivity contribution in [2.24, 2.45) is 0 Å². The Morgan fingerprint density at radius 1 is 1.31 bits per heavy atom. The molecule has 2 amide bonds. The average Bonchev–Trinajstić information content (AvgIpc) is 2.27. The van der Waals surface area contributed by atoms with Crippen LogP contribution < -0.4 is 10.2 Å². The van der Waals surface area contributed by atoms with Crippen molar-refractivity contribution in [1.82, 2.24) is 5.32 Å². The first kappa shape index (κ1) is 11.1. The molecule has 1 saturated heterocycles. The van der Waals surface area contributed by atoms with Crippen LogP contribution in [0, 0.1) is 0 Å². The molecule has 0 aliphatic carbocycles. The maximum Gasteiger partial charge on any atom is 0.247 e. The van der Waals surface area contributed by atoms with Crippen LogP contribution in [0.25, 0.3) is 0 Å². The second-order valence-electron chi connectivity index (χ2n) is 3.63. The second-order valence-corrected chi connectivity index (χ2v) is 4.55. The average molecular weight is 283 g/mol. The highest BCUT2D eigenvalue weighted by molar-refractivity contribution is 9.10. The second kappa shape index (κ2) is 4.25. The van der Waals surface area contributed by atoms with Crippen LogP contribution in [0.4, 0.5) is 5.69 Å². The Labute approximate surface area is 102 Å². The molecule has 1 N–H and O–H groups in total. The highest BCUT2D eigenvalue weighted by Gasteiger charge is 2.31. The minimum absolute atomic E-state index is 0.0687. The monoisotopic (exact) mass is 282 g/mol. The van der Waals surface area contributed by atoms with Gasteiger partial charge in [-0.25, -0.2) is 0 Å². The quantitative estimate of drug-likeness (QED) is 0.844. The summed E-state index contributed by atoms with van der Waals surface area (Å²) >= 11 is 3.33. The number of amides is 2. The molecular formula is C11H11BrN2O2. The first-order valence-corrected chi connectivity index (χ1v) is 5.74. The molecule has 1 aliphatic rings. The number of benzene rings is 1. The normalized spacial score (nSPS) is 20.9. The number of halogens is 1. The van der Waals surface area contributed by atoms with Crippen LogP contribution in [0.5, 0.6) is 0 Å². The Morgan fingerprint density at radius 2 is 1.94 bits per heavy atom. The van der Waals surface area contributed by atoms with Crippen molar-refractivity contribution in [3.63, 3.8) is 0 Å². The van der Waals surface area contributed by atoms with Crippen molar-refractivity contribution >= 4 is 33.4 Å². The molecule has 0 spiro atoms. The molecular weight excluding hydrogens is 272 g/mol. The number of piperazine rings is 1. The van der Waals surface area contributed by atoms with Gasteiger partial charge in [0.25, 0.3) is 0 Å². The molecule has 1 heterocycles. The first-order chi connectivity index (χ1) is 7.59. The Bertz CT molecular complexity index is 430. The van der Waals surface area contributed by atoms with E-state index in [4.69, 9.17) is 0 Å². The summed E-state index contributed by atoms with van der Waals surface area (Å²) in [6, 6.07) is 6.88. The van der Waals surface area contributed by atoms with Gasteiger partial charge in [-0.2, -0.15) is 0 Å². The highest BCUT2D eigenvalue weighted by Crippen LogP contribution is 2.21. The lowest BCUT2D eigenvalue weighted by Crippen LogP contribution is -2.57. The third-order valence-corrected chi connectivity index (χ3v) is 3.08. The summed E-state index contributed by atoms with van der Waals surface area (Å²) in [6.45, 7) is 1.79. The maximum atomic E-state index is 11.7. The fourth-order valence-electron chi connectivity index (χ4n) is 1.70. The van der Waals surface area contributed by atoms with Crippen LogP contribution in [0.3, 0.4) is 0 Å². The Kier molecular flexibility index (Phi) is 2.96. The zero-order valence-corrected chi connectivity index (χ0v) is 10.3. The SMILES string of the molecule is CC1C(=O)NCC(=O)N1c1ccc(Br)cc1. The summed E-state index contributed by atoms with van der Waals surface area (Å²) in [5.41, 5.74) is 0.746. The Hall–Kier alpha value is -1.36. The van der Waals surface area contributed by atoms with Crippen LogP contribution >= 0.6 is 15.9 Å². The molecule has 0 aromatic heterocycles. The maximum absolute atomic E-state index is 11.7. The lowest BCUT2D eigenvalue weighted by molar-refractivity contribution is -0.130. The van der Waals surface area contributed by atoms with E-state index >= 15 is 0 Å². The zero-order valence-electron chi connectivity index (χ0n) is 8.74. The number of nitrogens with one attached hydrogen (secondary N) is 1. The summed E-state index contributed by atoms with van der Waals surface area (Å²) in [7, 11) is 0. The standard InChI is InChI=1S/C11H11BrN2O2/c1-7-11(16)13-6-10(15)14(7)9-4-2-8(12)3-5-9/h2-5,7H,6H2,1H3,(H,13,16). The third-order valence-electron chi connectivity index (χ3n) is 2.55. The summed E-state index contributed by atoms with van der Waals surface area (Å²) in [4.78, 5) is 24.7. The predicted molar refractivity (Wildman–Crippen MR) is 64.1 cm³/mol. The zero-order chi connectivity index (χ0) is 11.7. The molecule has 1 aliphatic heterocycles. The summed E-state index contributed by atoms with van der Waals surface area (Å²) in [5, 5.41) is 2.55. The van der Waals surface area contributed by atoms with Crippen molar-refractivity contribution in [3.05, 3.63) is 28.7 Å². The third kappa shape index (κ3) is 1.95. The molecule has 5 heteroatoms. The molecule has 1 unspecified atom stereocenters. The molecule has 0 bridgehead atoms. The van der Waals surface area contributed by atoms with E-state index in [-0.39, 0.29) is 18.4 Å². The molecule has 1 atom stereocenters. The van der Waals surface area contributed by atoms with Gasteiger partial charge in [0.15, 0.2) is 0 Å². The molecule has 16 heavy (non-hydrogen) atoms. The number of hydrogen-bond acceptors (Lipinski definition) is 2. The molecule has 1 fully saturated rings. The highest BCUT2D eigenvalue weighted by atomic mass is 79.9. The van der Waals surface area contributed by atoms with Gasteiger partial charge in [-0.05, 0) is 31.2 Å². The summed E-state index contributed by atoms with van der Waals surface area (Å²) < 4.78 is 0.942. The molecule has 84 valence electrons. The number of hydrogen-bond donors (Lipinski definition) is 1. The fourth-order valence-corrected chi connectivity index (χ4v) is 1.96. The van der Waals surface area contributed by atoms with E-state index in [0.29, 0.717) is 0 Å².